The maximum absolute atomic E-state index is 12.2. The number of hydrogen-bond acceptors (Lipinski definition) is 3. The lowest BCUT2D eigenvalue weighted by Gasteiger charge is -2.11. The standard InChI is InChI=1S/C14H13NO3S/c1-8-2-3-9-10(7-19-11(9)6-8)12(16)15-14(4-5-14)13(17)18/h2-3,6-7H,4-5H2,1H3,(H,15,16)(H,17,18). The lowest BCUT2D eigenvalue weighted by molar-refractivity contribution is -0.140. The van der Waals surface area contributed by atoms with Gasteiger partial charge in [-0.05, 0) is 31.4 Å². The summed E-state index contributed by atoms with van der Waals surface area (Å²) in [5.41, 5.74) is 0.675. The van der Waals surface area contributed by atoms with Gasteiger partial charge in [0.2, 0.25) is 0 Å². The van der Waals surface area contributed by atoms with Gasteiger partial charge in [0.1, 0.15) is 5.54 Å². The van der Waals surface area contributed by atoms with E-state index in [2.05, 4.69) is 5.32 Å². The van der Waals surface area contributed by atoms with Gasteiger partial charge >= 0.3 is 5.97 Å². The van der Waals surface area contributed by atoms with E-state index in [0.717, 1.165) is 15.6 Å². The molecule has 1 aromatic carbocycles. The molecule has 0 unspecified atom stereocenters. The zero-order chi connectivity index (χ0) is 13.6. The summed E-state index contributed by atoms with van der Waals surface area (Å²) in [6.07, 6.45) is 1.02. The predicted molar refractivity (Wildman–Crippen MR) is 73.6 cm³/mol. The molecular formula is C14H13NO3S. The molecule has 1 amide bonds. The molecular weight excluding hydrogens is 262 g/mol. The molecule has 1 heterocycles. The molecule has 0 aliphatic heterocycles. The fraction of sp³-hybridized carbons (Fsp3) is 0.286. The summed E-state index contributed by atoms with van der Waals surface area (Å²) in [5.74, 6) is -1.24. The molecule has 0 bridgehead atoms. The maximum Gasteiger partial charge on any atom is 0.329 e. The number of hydrogen-bond donors (Lipinski definition) is 2. The van der Waals surface area contributed by atoms with E-state index in [1.54, 1.807) is 5.38 Å². The number of carbonyl (C=O) groups excluding carboxylic acids is 1. The summed E-state index contributed by atoms with van der Waals surface area (Å²) < 4.78 is 1.05. The van der Waals surface area contributed by atoms with Crippen LogP contribution in [0.1, 0.15) is 28.8 Å². The molecule has 4 nitrogen and oxygen atoms in total. The Labute approximate surface area is 114 Å². The van der Waals surface area contributed by atoms with Crippen molar-refractivity contribution in [3.63, 3.8) is 0 Å². The van der Waals surface area contributed by atoms with Crippen LogP contribution in [0.3, 0.4) is 0 Å². The third-order valence-corrected chi connectivity index (χ3v) is 4.43. The normalized spacial score (nSPS) is 16.3. The molecule has 2 aromatic rings. The summed E-state index contributed by atoms with van der Waals surface area (Å²) in [5, 5.41) is 14.4. The highest BCUT2D eigenvalue weighted by Gasteiger charge is 2.51. The van der Waals surface area contributed by atoms with Crippen LogP contribution in [0, 0.1) is 6.92 Å². The summed E-state index contributed by atoms with van der Waals surface area (Å²) in [7, 11) is 0. The Morgan fingerprint density at radius 3 is 2.74 bits per heavy atom. The van der Waals surface area contributed by atoms with E-state index in [0.29, 0.717) is 18.4 Å². The molecule has 3 rings (SSSR count). The number of aliphatic carboxylic acids is 1. The summed E-state index contributed by atoms with van der Waals surface area (Å²) in [4.78, 5) is 23.3. The average molecular weight is 275 g/mol. The van der Waals surface area contributed by atoms with Gasteiger partial charge in [-0.25, -0.2) is 4.79 Å². The lowest BCUT2D eigenvalue weighted by Crippen LogP contribution is -2.42. The van der Waals surface area contributed by atoms with Crippen molar-refractivity contribution < 1.29 is 14.7 Å². The van der Waals surface area contributed by atoms with Crippen LogP contribution in [0.4, 0.5) is 0 Å². The van der Waals surface area contributed by atoms with Gasteiger partial charge in [0, 0.05) is 15.5 Å². The highest BCUT2D eigenvalue weighted by Crippen LogP contribution is 2.36. The first kappa shape index (κ1) is 12.2. The van der Waals surface area contributed by atoms with Crippen molar-refractivity contribution in [2.45, 2.75) is 25.3 Å². The molecule has 5 heteroatoms. The van der Waals surface area contributed by atoms with Crippen molar-refractivity contribution in [3.8, 4) is 0 Å². The summed E-state index contributed by atoms with van der Waals surface area (Å²) in [6.45, 7) is 2.00. The van der Waals surface area contributed by atoms with E-state index >= 15 is 0 Å². The second-order valence-electron chi connectivity index (χ2n) is 4.99. The van der Waals surface area contributed by atoms with Crippen LogP contribution in [0.5, 0.6) is 0 Å². The van der Waals surface area contributed by atoms with Crippen LogP contribution in [-0.4, -0.2) is 22.5 Å². The highest BCUT2D eigenvalue weighted by molar-refractivity contribution is 7.17. The zero-order valence-electron chi connectivity index (χ0n) is 10.4. The number of thiophene rings is 1. The van der Waals surface area contributed by atoms with Gasteiger partial charge in [-0.1, -0.05) is 12.1 Å². The van der Waals surface area contributed by atoms with E-state index < -0.39 is 11.5 Å². The average Bonchev–Trinajstić information content (AvgIpc) is 3.02. The van der Waals surface area contributed by atoms with E-state index in [4.69, 9.17) is 5.11 Å². The molecule has 1 fully saturated rings. The van der Waals surface area contributed by atoms with Crippen LogP contribution in [0.15, 0.2) is 23.6 Å². The Kier molecular flexibility index (Phi) is 2.60. The van der Waals surface area contributed by atoms with Crippen molar-refractivity contribution in [3.05, 3.63) is 34.7 Å². The molecule has 1 aliphatic carbocycles. The number of aryl methyl sites for hydroxylation is 1. The van der Waals surface area contributed by atoms with Crippen LogP contribution < -0.4 is 5.32 Å². The number of amides is 1. The van der Waals surface area contributed by atoms with E-state index in [-0.39, 0.29) is 5.91 Å². The van der Waals surface area contributed by atoms with Crippen molar-refractivity contribution in [1.29, 1.82) is 0 Å². The van der Waals surface area contributed by atoms with Crippen LogP contribution >= 0.6 is 11.3 Å². The molecule has 1 aromatic heterocycles. The van der Waals surface area contributed by atoms with Gasteiger partial charge in [0.15, 0.2) is 0 Å². The predicted octanol–water partition coefficient (Wildman–Crippen LogP) is 2.56. The van der Waals surface area contributed by atoms with Gasteiger partial charge in [0.25, 0.3) is 5.91 Å². The van der Waals surface area contributed by atoms with Gasteiger partial charge < -0.3 is 10.4 Å². The number of carboxylic acids is 1. The van der Waals surface area contributed by atoms with Gasteiger partial charge in [-0.2, -0.15) is 0 Å². The molecule has 2 N–H and O–H groups in total. The fourth-order valence-corrected chi connectivity index (χ4v) is 3.15. The fourth-order valence-electron chi connectivity index (χ4n) is 2.11. The summed E-state index contributed by atoms with van der Waals surface area (Å²) >= 11 is 1.50. The topological polar surface area (TPSA) is 66.4 Å². The Bertz CT molecular complexity index is 685. The Hall–Kier alpha value is -1.88. The Morgan fingerprint density at radius 2 is 2.11 bits per heavy atom. The third kappa shape index (κ3) is 2.00. The van der Waals surface area contributed by atoms with Crippen molar-refractivity contribution in [2.75, 3.05) is 0 Å². The van der Waals surface area contributed by atoms with E-state index in [1.165, 1.54) is 11.3 Å². The Morgan fingerprint density at radius 1 is 1.37 bits per heavy atom. The van der Waals surface area contributed by atoms with E-state index in [9.17, 15) is 9.59 Å². The minimum atomic E-state index is -1.03. The number of carbonyl (C=O) groups is 2. The minimum Gasteiger partial charge on any atom is -0.480 e. The summed E-state index contributed by atoms with van der Waals surface area (Å²) in [6, 6.07) is 5.90. The van der Waals surface area contributed by atoms with Crippen molar-refractivity contribution >= 4 is 33.3 Å². The second-order valence-corrected chi connectivity index (χ2v) is 5.90. The van der Waals surface area contributed by atoms with Crippen LogP contribution in [-0.2, 0) is 4.79 Å². The molecule has 0 radical (unpaired) electrons. The first-order chi connectivity index (χ1) is 9.02. The molecule has 19 heavy (non-hydrogen) atoms. The smallest absolute Gasteiger partial charge is 0.329 e. The van der Waals surface area contributed by atoms with Crippen LogP contribution in [0.2, 0.25) is 0 Å². The van der Waals surface area contributed by atoms with E-state index in [1.807, 2.05) is 25.1 Å². The third-order valence-electron chi connectivity index (χ3n) is 3.49. The number of fused-ring (bicyclic) bond motifs is 1. The SMILES string of the molecule is Cc1ccc2c(C(=O)NC3(C(=O)O)CC3)csc2c1. The molecule has 1 saturated carbocycles. The first-order valence-corrected chi connectivity index (χ1v) is 6.94. The molecule has 1 aliphatic rings. The molecule has 0 atom stereocenters. The number of rotatable bonds is 3. The first-order valence-electron chi connectivity index (χ1n) is 6.06. The quantitative estimate of drug-likeness (QED) is 0.904. The van der Waals surface area contributed by atoms with Gasteiger partial charge in [0.05, 0.1) is 5.56 Å². The second kappa shape index (κ2) is 4.06. The van der Waals surface area contributed by atoms with Gasteiger partial charge in [-0.15, -0.1) is 11.3 Å². The van der Waals surface area contributed by atoms with Gasteiger partial charge in [-0.3, -0.25) is 4.79 Å². The minimum absolute atomic E-state index is 0.296. The number of carboxylic acid groups (broad SMARTS) is 1. The number of benzene rings is 1. The van der Waals surface area contributed by atoms with Crippen LogP contribution in [0.25, 0.3) is 10.1 Å². The van der Waals surface area contributed by atoms with Crippen molar-refractivity contribution in [2.24, 2.45) is 0 Å². The number of nitrogens with one attached hydrogen (secondary N) is 1. The molecule has 0 spiro atoms. The Balaban J connectivity index is 1.92. The molecule has 0 saturated heterocycles. The maximum atomic E-state index is 12.2. The lowest BCUT2D eigenvalue weighted by atomic mass is 10.1. The zero-order valence-corrected chi connectivity index (χ0v) is 11.2. The largest absolute Gasteiger partial charge is 0.480 e. The monoisotopic (exact) mass is 275 g/mol. The van der Waals surface area contributed by atoms with Crippen molar-refractivity contribution in [1.82, 2.24) is 5.32 Å². The molecule has 98 valence electrons. The highest BCUT2D eigenvalue weighted by atomic mass is 32.1.